The number of nitrogens with zero attached hydrogens (tertiary/aromatic N) is 1. The van der Waals surface area contributed by atoms with Gasteiger partial charge >= 0.3 is 0 Å². The lowest BCUT2D eigenvalue weighted by Gasteiger charge is -2.06. The maximum absolute atomic E-state index is 13.1. The first-order valence-electron chi connectivity index (χ1n) is 5.74. The topological polar surface area (TPSA) is 45.0 Å². The zero-order valence-corrected chi connectivity index (χ0v) is 10.5. The molecule has 0 aliphatic carbocycles. The van der Waals surface area contributed by atoms with E-state index in [-0.39, 0.29) is 5.82 Å². The largest absolute Gasteiger partial charge is 0.376 e. The highest BCUT2D eigenvalue weighted by Gasteiger charge is 2.00. The molecule has 18 heavy (non-hydrogen) atoms. The van der Waals surface area contributed by atoms with Gasteiger partial charge in [0.1, 0.15) is 5.82 Å². The lowest BCUT2D eigenvalue weighted by atomic mass is 10.1. The van der Waals surface area contributed by atoms with Crippen LogP contribution < -0.4 is 5.32 Å². The molecular formula is C14H17FN2O. The second-order valence-corrected chi connectivity index (χ2v) is 4.15. The fraction of sp³-hybridized carbons (Fsp3) is 0.357. The summed E-state index contributed by atoms with van der Waals surface area (Å²) in [6, 6.07) is 6.24. The minimum Gasteiger partial charge on any atom is -0.376 e. The summed E-state index contributed by atoms with van der Waals surface area (Å²) in [6.07, 6.45) is 0. The van der Waals surface area contributed by atoms with Crippen molar-refractivity contribution in [1.82, 2.24) is 5.32 Å². The van der Waals surface area contributed by atoms with Gasteiger partial charge in [-0.1, -0.05) is 12.2 Å². The predicted molar refractivity (Wildman–Crippen MR) is 68.5 cm³/mol. The van der Waals surface area contributed by atoms with Crippen molar-refractivity contribution in [2.45, 2.75) is 13.5 Å². The average Bonchev–Trinajstić information content (AvgIpc) is 2.32. The minimum atomic E-state index is -0.385. The van der Waals surface area contributed by atoms with E-state index in [0.717, 1.165) is 11.1 Å². The number of halogens is 1. The zero-order valence-electron chi connectivity index (χ0n) is 10.5. The molecule has 0 amide bonds. The molecule has 0 heterocycles. The monoisotopic (exact) mass is 248 g/mol. The molecule has 0 spiro atoms. The Bertz CT molecular complexity index is 452. The number of ether oxygens (including phenoxy) is 1. The molecular weight excluding hydrogens is 231 g/mol. The fourth-order valence-electron chi connectivity index (χ4n) is 1.44. The molecule has 1 N–H and O–H groups in total. The van der Waals surface area contributed by atoms with E-state index in [1.807, 2.05) is 13.0 Å². The van der Waals surface area contributed by atoms with Crippen molar-refractivity contribution in [3.63, 3.8) is 0 Å². The van der Waals surface area contributed by atoms with E-state index in [9.17, 15) is 4.39 Å². The average molecular weight is 248 g/mol. The van der Waals surface area contributed by atoms with Gasteiger partial charge in [0.05, 0.1) is 24.8 Å². The first kappa shape index (κ1) is 14.4. The van der Waals surface area contributed by atoms with Crippen molar-refractivity contribution in [3.8, 4) is 6.07 Å². The van der Waals surface area contributed by atoms with Crippen molar-refractivity contribution in [1.29, 1.82) is 5.26 Å². The molecule has 0 atom stereocenters. The van der Waals surface area contributed by atoms with Gasteiger partial charge in [-0.3, -0.25) is 0 Å². The molecule has 0 saturated heterocycles. The van der Waals surface area contributed by atoms with E-state index < -0.39 is 0 Å². The lowest BCUT2D eigenvalue weighted by Crippen LogP contribution is -2.19. The Morgan fingerprint density at radius 3 is 2.94 bits per heavy atom. The highest BCUT2D eigenvalue weighted by Crippen LogP contribution is 2.08. The van der Waals surface area contributed by atoms with Crippen molar-refractivity contribution in [2.75, 3.05) is 19.8 Å². The second kappa shape index (κ2) is 7.59. The van der Waals surface area contributed by atoms with Crippen LogP contribution in [0.3, 0.4) is 0 Å². The molecule has 0 bridgehead atoms. The van der Waals surface area contributed by atoms with Crippen LogP contribution in [0.5, 0.6) is 0 Å². The Kier molecular flexibility index (Phi) is 6.06. The summed E-state index contributed by atoms with van der Waals surface area (Å²) in [6.45, 7) is 7.96. The molecule has 0 saturated carbocycles. The number of rotatable bonds is 7. The Labute approximate surface area is 107 Å². The molecule has 96 valence electrons. The third-order valence-corrected chi connectivity index (χ3v) is 2.19. The summed E-state index contributed by atoms with van der Waals surface area (Å²) in [4.78, 5) is 0. The van der Waals surface area contributed by atoms with Gasteiger partial charge in [0.25, 0.3) is 0 Å². The lowest BCUT2D eigenvalue weighted by molar-refractivity contribution is 0.158. The molecule has 3 nitrogen and oxygen atoms in total. The summed E-state index contributed by atoms with van der Waals surface area (Å²) >= 11 is 0. The third-order valence-electron chi connectivity index (χ3n) is 2.19. The SMILES string of the molecule is C=C(C)COCCNCc1cc(F)cc(C#N)c1. The summed E-state index contributed by atoms with van der Waals surface area (Å²) in [5.74, 6) is -0.385. The Morgan fingerprint density at radius 1 is 1.50 bits per heavy atom. The van der Waals surface area contributed by atoms with E-state index in [2.05, 4.69) is 11.9 Å². The van der Waals surface area contributed by atoms with Crippen molar-refractivity contribution in [3.05, 3.63) is 47.3 Å². The number of benzene rings is 1. The highest BCUT2D eigenvalue weighted by atomic mass is 19.1. The van der Waals surface area contributed by atoms with Gasteiger partial charge in [0.15, 0.2) is 0 Å². The van der Waals surface area contributed by atoms with Crippen LogP contribution in [0.15, 0.2) is 30.4 Å². The molecule has 1 aromatic rings. The number of nitriles is 1. The van der Waals surface area contributed by atoms with Crippen molar-refractivity contribution in [2.24, 2.45) is 0 Å². The molecule has 1 rings (SSSR count). The standard InChI is InChI=1S/C14H17FN2O/c1-11(2)10-18-4-3-17-9-13-5-12(8-16)6-14(15)7-13/h5-7,17H,1,3-4,9-10H2,2H3. The molecule has 0 radical (unpaired) electrons. The Balaban J connectivity index is 2.29. The van der Waals surface area contributed by atoms with Crippen LogP contribution in [-0.4, -0.2) is 19.8 Å². The first-order valence-corrected chi connectivity index (χ1v) is 5.74. The number of hydrogen-bond donors (Lipinski definition) is 1. The van der Waals surface area contributed by atoms with Crippen LogP contribution in [0.4, 0.5) is 4.39 Å². The van der Waals surface area contributed by atoms with Crippen LogP contribution in [0, 0.1) is 17.1 Å². The van der Waals surface area contributed by atoms with Gasteiger partial charge in [0, 0.05) is 13.1 Å². The van der Waals surface area contributed by atoms with E-state index >= 15 is 0 Å². The molecule has 0 aliphatic heterocycles. The summed E-state index contributed by atoms with van der Waals surface area (Å²) in [5.41, 5.74) is 2.08. The van der Waals surface area contributed by atoms with E-state index in [4.69, 9.17) is 10.00 Å². The van der Waals surface area contributed by atoms with Crippen molar-refractivity contribution >= 4 is 0 Å². The van der Waals surface area contributed by atoms with E-state index in [1.165, 1.54) is 12.1 Å². The van der Waals surface area contributed by atoms with Gasteiger partial charge in [-0.05, 0) is 30.7 Å². The normalized spacial score (nSPS) is 10.1. The molecule has 0 fully saturated rings. The quantitative estimate of drug-likeness (QED) is 0.595. The van der Waals surface area contributed by atoms with Crippen LogP contribution in [0.2, 0.25) is 0 Å². The second-order valence-electron chi connectivity index (χ2n) is 4.15. The first-order chi connectivity index (χ1) is 8.61. The highest BCUT2D eigenvalue weighted by molar-refractivity contribution is 5.33. The van der Waals surface area contributed by atoms with E-state index in [0.29, 0.717) is 31.9 Å². The zero-order chi connectivity index (χ0) is 13.4. The van der Waals surface area contributed by atoms with E-state index in [1.54, 1.807) is 6.07 Å². The molecule has 0 aromatic heterocycles. The summed E-state index contributed by atoms with van der Waals surface area (Å²) < 4.78 is 18.4. The Morgan fingerprint density at radius 2 is 2.28 bits per heavy atom. The van der Waals surface area contributed by atoms with Crippen LogP contribution >= 0.6 is 0 Å². The van der Waals surface area contributed by atoms with Gasteiger partial charge in [0.2, 0.25) is 0 Å². The molecule has 0 unspecified atom stereocenters. The molecule has 0 aliphatic rings. The smallest absolute Gasteiger partial charge is 0.124 e. The number of nitrogens with one attached hydrogen (secondary N) is 1. The van der Waals surface area contributed by atoms with Crippen LogP contribution in [0.25, 0.3) is 0 Å². The molecule has 4 heteroatoms. The maximum Gasteiger partial charge on any atom is 0.124 e. The maximum atomic E-state index is 13.1. The fourth-order valence-corrected chi connectivity index (χ4v) is 1.44. The number of hydrogen-bond acceptors (Lipinski definition) is 3. The van der Waals surface area contributed by atoms with Gasteiger partial charge < -0.3 is 10.1 Å². The van der Waals surface area contributed by atoms with Crippen molar-refractivity contribution < 1.29 is 9.13 Å². The summed E-state index contributed by atoms with van der Waals surface area (Å²) in [7, 11) is 0. The van der Waals surface area contributed by atoms with Crippen LogP contribution in [-0.2, 0) is 11.3 Å². The summed E-state index contributed by atoms with van der Waals surface area (Å²) in [5, 5.41) is 11.8. The van der Waals surface area contributed by atoms with Gasteiger partial charge in [-0.25, -0.2) is 4.39 Å². The molecule has 1 aromatic carbocycles. The minimum absolute atomic E-state index is 0.338. The predicted octanol–water partition coefficient (Wildman–Crippen LogP) is 2.38. The van der Waals surface area contributed by atoms with Crippen LogP contribution in [0.1, 0.15) is 18.1 Å². The van der Waals surface area contributed by atoms with Gasteiger partial charge in [-0.2, -0.15) is 5.26 Å². The van der Waals surface area contributed by atoms with Gasteiger partial charge in [-0.15, -0.1) is 0 Å². The Hall–Kier alpha value is -1.70. The third kappa shape index (κ3) is 5.58.